The summed E-state index contributed by atoms with van der Waals surface area (Å²) in [6, 6.07) is 0. The van der Waals surface area contributed by atoms with Crippen molar-refractivity contribution in [2.75, 3.05) is 20.8 Å². The molecule has 3 rings (SSSR count). The van der Waals surface area contributed by atoms with Crippen LogP contribution in [-0.2, 0) is 9.57 Å². The molecule has 3 aliphatic rings. The summed E-state index contributed by atoms with van der Waals surface area (Å²) in [6.45, 7) is 3.38. The molecule has 3 atom stereocenters. The lowest BCUT2D eigenvalue weighted by Gasteiger charge is -2.40. The summed E-state index contributed by atoms with van der Waals surface area (Å²) in [5, 5.41) is 1.96. The Hall–Kier alpha value is -0.960. The van der Waals surface area contributed by atoms with E-state index >= 15 is 0 Å². The topological polar surface area (TPSA) is 21.7 Å². The molecule has 1 fully saturated rings. The van der Waals surface area contributed by atoms with Gasteiger partial charge in [0, 0.05) is 5.92 Å². The van der Waals surface area contributed by atoms with Crippen LogP contribution < -0.4 is 0 Å². The summed E-state index contributed by atoms with van der Waals surface area (Å²) >= 11 is 0. The first-order valence-corrected chi connectivity index (χ1v) is 7.52. The minimum Gasteiger partial charge on any atom is -0.495 e. The van der Waals surface area contributed by atoms with Gasteiger partial charge in [0.05, 0.1) is 27.0 Å². The molecule has 19 heavy (non-hydrogen) atoms. The first-order chi connectivity index (χ1) is 9.22. The molecule has 0 saturated heterocycles. The number of hydrogen-bond acceptors (Lipinski definition) is 3. The van der Waals surface area contributed by atoms with E-state index < -0.39 is 0 Å². The average molecular weight is 263 g/mol. The lowest BCUT2D eigenvalue weighted by atomic mass is 9.66. The Kier molecular flexibility index (Phi) is 3.57. The molecule has 0 spiro atoms. The standard InChI is InChI=1S/C16H25NO2/c1-11-7-12-5-4-6-14-15(18-2)10-17(19-3)9-13(8-11)16(12)14/h10-13H,4-9H2,1-3H3. The van der Waals surface area contributed by atoms with E-state index in [2.05, 4.69) is 6.92 Å². The fourth-order valence-corrected chi connectivity index (χ4v) is 4.31. The fraction of sp³-hybridized carbons (Fsp3) is 0.750. The molecule has 0 bridgehead atoms. The van der Waals surface area contributed by atoms with Gasteiger partial charge < -0.3 is 4.74 Å². The summed E-state index contributed by atoms with van der Waals surface area (Å²) in [5.41, 5.74) is 3.17. The second-order valence-electron chi connectivity index (χ2n) is 6.28. The van der Waals surface area contributed by atoms with Gasteiger partial charge in [-0.15, -0.1) is 0 Å². The minimum absolute atomic E-state index is 0.646. The zero-order valence-electron chi connectivity index (χ0n) is 12.3. The van der Waals surface area contributed by atoms with Crippen molar-refractivity contribution in [3.63, 3.8) is 0 Å². The molecule has 106 valence electrons. The van der Waals surface area contributed by atoms with Gasteiger partial charge in [0.25, 0.3) is 0 Å². The van der Waals surface area contributed by atoms with Crippen molar-refractivity contribution in [2.45, 2.75) is 39.0 Å². The van der Waals surface area contributed by atoms with Crippen molar-refractivity contribution < 1.29 is 9.57 Å². The third-order valence-corrected chi connectivity index (χ3v) is 4.99. The maximum Gasteiger partial charge on any atom is 0.140 e. The van der Waals surface area contributed by atoms with E-state index in [9.17, 15) is 0 Å². The van der Waals surface area contributed by atoms with Gasteiger partial charge in [-0.05, 0) is 49.5 Å². The molecule has 0 aromatic rings. The molecule has 0 amide bonds. The minimum atomic E-state index is 0.646. The largest absolute Gasteiger partial charge is 0.495 e. The first kappa shape index (κ1) is 13.0. The highest BCUT2D eigenvalue weighted by Crippen LogP contribution is 2.48. The Balaban J connectivity index is 2.02. The maximum atomic E-state index is 5.65. The Morgan fingerprint density at radius 2 is 2.00 bits per heavy atom. The molecule has 2 aliphatic carbocycles. The monoisotopic (exact) mass is 263 g/mol. The van der Waals surface area contributed by atoms with Crippen molar-refractivity contribution in [2.24, 2.45) is 17.8 Å². The Morgan fingerprint density at radius 1 is 1.21 bits per heavy atom. The van der Waals surface area contributed by atoms with Crippen LogP contribution in [0.15, 0.2) is 23.1 Å². The Labute approximate surface area is 116 Å². The lowest BCUT2D eigenvalue weighted by Crippen LogP contribution is -2.33. The number of hydroxylamine groups is 2. The van der Waals surface area contributed by atoms with Crippen LogP contribution in [0.1, 0.15) is 39.0 Å². The predicted octanol–water partition coefficient (Wildman–Crippen LogP) is 3.49. The van der Waals surface area contributed by atoms with Gasteiger partial charge in [0.1, 0.15) is 5.76 Å². The Bertz CT molecular complexity index is 413. The van der Waals surface area contributed by atoms with Crippen LogP contribution in [0.4, 0.5) is 0 Å². The molecule has 1 heterocycles. The van der Waals surface area contributed by atoms with E-state index in [1.54, 1.807) is 19.8 Å². The highest BCUT2D eigenvalue weighted by Gasteiger charge is 2.38. The molecular formula is C16H25NO2. The number of allylic oxidation sites excluding steroid dienone is 1. The van der Waals surface area contributed by atoms with Gasteiger partial charge >= 0.3 is 0 Å². The zero-order valence-corrected chi connectivity index (χ0v) is 12.3. The summed E-state index contributed by atoms with van der Waals surface area (Å²) in [5.74, 6) is 3.29. The number of rotatable bonds is 2. The number of methoxy groups -OCH3 is 1. The van der Waals surface area contributed by atoms with Gasteiger partial charge in [-0.25, -0.2) is 0 Å². The molecule has 1 saturated carbocycles. The van der Waals surface area contributed by atoms with Crippen molar-refractivity contribution in [3.05, 3.63) is 23.1 Å². The van der Waals surface area contributed by atoms with E-state index in [0.717, 1.165) is 24.1 Å². The van der Waals surface area contributed by atoms with Crippen molar-refractivity contribution in [3.8, 4) is 0 Å². The normalized spacial score (nSPS) is 34.6. The molecule has 0 N–H and O–H groups in total. The molecule has 0 aromatic carbocycles. The van der Waals surface area contributed by atoms with Crippen molar-refractivity contribution in [1.29, 1.82) is 0 Å². The molecule has 3 unspecified atom stereocenters. The SMILES string of the molecule is COC1=CN(OC)CC2CC(C)CC3CCCC1=C32. The van der Waals surface area contributed by atoms with Gasteiger partial charge in [0.15, 0.2) is 0 Å². The van der Waals surface area contributed by atoms with E-state index in [1.165, 1.54) is 37.7 Å². The number of ether oxygens (including phenoxy) is 1. The van der Waals surface area contributed by atoms with E-state index in [1.807, 2.05) is 11.3 Å². The molecule has 1 aliphatic heterocycles. The van der Waals surface area contributed by atoms with Gasteiger partial charge in [-0.2, -0.15) is 0 Å². The second kappa shape index (κ2) is 5.20. The van der Waals surface area contributed by atoms with Gasteiger partial charge in [-0.3, -0.25) is 9.90 Å². The summed E-state index contributed by atoms with van der Waals surface area (Å²) in [7, 11) is 3.53. The molecule has 0 radical (unpaired) electrons. The third kappa shape index (κ3) is 2.29. The van der Waals surface area contributed by atoms with E-state index in [0.29, 0.717) is 5.92 Å². The second-order valence-corrected chi connectivity index (χ2v) is 6.28. The smallest absolute Gasteiger partial charge is 0.140 e. The van der Waals surface area contributed by atoms with E-state index in [4.69, 9.17) is 9.57 Å². The number of hydrogen-bond donors (Lipinski definition) is 0. The van der Waals surface area contributed by atoms with Crippen LogP contribution in [0, 0.1) is 17.8 Å². The van der Waals surface area contributed by atoms with Crippen molar-refractivity contribution >= 4 is 0 Å². The highest BCUT2D eigenvalue weighted by atomic mass is 16.7. The van der Waals surface area contributed by atoms with Gasteiger partial charge in [-0.1, -0.05) is 12.5 Å². The predicted molar refractivity (Wildman–Crippen MR) is 75.1 cm³/mol. The molecule has 3 heteroatoms. The van der Waals surface area contributed by atoms with Crippen LogP contribution in [0.25, 0.3) is 0 Å². The maximum absolute atomic E-state index is 5.65. The molecule has 0 aromatic heterocycles. The summed E-state index contributed by atoms with van der Waals surface area (Å²) in [4.78, 5) is 5.49. The van der Waals surface area contributed by atoms with Crippen molar-refractivity contribution in [1.82, 2.24) is 5.06 Å². The first-order valence-electron chi connectivity index (χ1n) is 7.52. The van der Waals surface area contributed by atoms with E-state index in [-0.39, 0.29) is 0 Å². The fourth-order valence-electron chi connectivity index (χ4n) is 4.31. The van der Waals surface area contributed by atoms with Crippen LogP contribution in [0.2, 0.25) is 0 Å². The number of nitrogens with zero attached hydrogens (tertiary/aromatic N) is 1. The Morgan fingerprint density at radius 3 is 2.74 bits per heavy atom. The molecule has 3 nitrogen and oxygen atoms in total. The third-order valence-electron chi connectivity index (χ3n) is 4.99. The van der Waals surface area contributed by atoms with Crippen LogP contribution in [0.3, 0.4) is 0 Å². The van der Waals surface area contributed by atoms with Gasteiger partial charge in [0.2, 0.25) is 0 Å². The summed E-state index contributed by atoms with van der Waals surface area (Å²) in [6.07, 6.45) is 8.54. The quantitative estimate of drug-likeness (QED) is 0.761. The average Bonchev–Trinajstić information content (AvgIpc) is 2.56. The molecular weight excluding hydrogens is 238 g/mol. The lowest BCUT2D eigenvalue weighted by molar-refractivity contribution is -0.0985. The summed E-state index contributed by atoms with van der Waals surface area (Å²) < 4.78 is 5.65. The van der Waals surface area contributed by atoms with Crippen LogP contribution >= 0.6 is 0 Å². The van der Waals surface area contributed by atoms with Crippen LogP contribution in [0.5, 0.6) is 0 Å². The highest BCUT2D eigenvalue weighted by molar-refractivity contribution is 5.38. The zero-order chi connectivity index (χ0) is 13.4. The van der Waals surface area contributed by atoms with Crippen LogP contribution in [-0.4, -0.2) is 25.8 Å².